The van der Waals surface area contributed by atoms with Crippen molar-refractivity contribution in [2.24, 2.45) is 0 Å². The summed E-state index contributed by atoms with van der Waals surface area (Å²) >= 11 is 0. The van der Waals surface area contributed by atoms with Gasteiger partial charge in [-0.1, -0.05) is 24.3 Å². The number of hydrogen-bond acceptors (Lipinski definition) is 3. The van der Waals surface area contributed by atoms with Crippen LogP contribution in [0.4, 0.5) is 5.69 Å². The highest BCUT2D eigenvalue weighted by Gasteiger charge is 2.18. The second kappa shape index (κ2) is 7.27. The summed E-state index contributed by atoms with van der Waals surface area (Å²) in [5.41, 5.74) is 3.15. The molecule has 2 aromatic carbocycles. The Morgan fingerprint density at radius 2 is 1.42 bits per heavy atom. The maximum absolute atomic E-state index is 9.29. The van der Waals surface area contributed by atoms with Gasteiger partial charge in [-0.05, 0) is 68.5 Å². The third kappa shape index (κ3) is 4.09. The molecular weight excluding hydrogens is 298 g/mol. The van der Waals surface area contributed by atoms with Gasteiger partial charge in [0.05, 0.1) is 6.61 Å². The molecule has 24 heavy (non-hydrogen) atoms. The third-order valence-corrected chi connectivity index (χ3v) is 4.55. The van der Waals surface area contributed by atoms with Gasteiger partial charge in [-0.15, -0.1) is 0 Å². The first kappa shape index (κ1) is 16.8. The highest BCUT2D eigenvalue weighted by atomic mass is 16.5. The van der Waals surface area contributed by atoms with E-state index in [4.69, 9.17) is 4.74 Å². The van der Waals surface area contributed by atoms with Crippen LogP contribution in [-0.4, -0.2) is 30.4 Å². The summed E-state index contributed by atoms with van der Waals surface area (Å²) in [6, 6.07) is 16.9. The fraction of sp³-hybridized carbons (Fsp3) is 0.429. The largest absolute Gasteiger partial charge is 0.485 e. The Morgan fingerprint density at radius 3 is 1.96 bits per heavy atom. The number of ether oxygens (including phenoxy) is 1. The molecule has 0 aliphatic carbocycles. The van der Waals surface area contributed by atoms with Crippen molar-refractivity contribution in [3.8, 4) is 16.9 Å². The molecular formula is C21H27NO2. The molecule has 0 atom stereocenters. The number of piperidine rings is 1. The summed E-state index contributed by atoms with van der Waals surface area (Å²) in [5, 5.41) is 9.29. The van der Waals surface area contributed by atoms with E-state index in [0.29, 0.717) is 0 Å². The molecule has 3 rings (SSSR count). The molecule has 1 saturated heterocycles. The summed E-state index contributed by atoms with van der Waals surface area (Å²) in [6.07, 6.45) is 3.96. The highest BCUT2D eigenvalue weighted by Crippen LogP contribution is 2.27. The van der Waals surface area contributed by atoms with Crippen molar-refractivity contribution in [1.29, 1.82) is 0 Å². The molecule has 0 amide bonds. The van der Waals surface area contributed by atoms with E-state index in [2.05, 4.69) is 41.3 Å². The van der Waals surface area contributed by atoms with Crippen LogP contribution in [-0.2, 0) is 0 Å². The fourth-order valence-corrected chi connectivity index (χ4v) is 3.08. The molecule has 1 N–H and O–H groups in total. The van der Waals surface area contributed by atoms with Crippen LogP contribution < -0.4 is 9.64 Å². The summed E-state index contributed by atoms with van der Waals surface area (Å²) in [4.78, 5) is 2.47. The smallest absolute Gasteiger partial charge is 0.126 e. The standard InChI is InChI=1S/C21H27NO2/c1-21(2,16-23)24-20-12-8-18(9-13-20)17-6-10-19(11-7-17)22-14-4-3-5-15-22/h6-13,23H,3-5,14-16H2,1-2H3. The first-order valence-electron chi connectivity index (χ1n) is 8.83. The van der Waals surface area contributed by atoms with Gasteiger partial charge in [-0.25, -0.2) is 0 Å². The molecule has 0 bridgehead atoms. The number of benzene rings is 2. The molecule has 0 spiro atoms. The van der Waals surface area contributed by atoms with E-state index in [1.807, 2.05) is 26.0 Å². The van der Waals surface area contributed by atoms with Gasteiger partial charge in [0.15, 0.2) is 0 Å². The van der Waals surface area contributed by atoms with Crippen molar-refractivity contribution in [2.75, 3.05) is 24.6 Å². The lowest BCUT2D eigenvalue weighted by Crippen LogP contribution is -2.32. The molecule has 1 aliphatic rings. The molecule has 3 nitrogen and oxygen atoms in total. The number of anilines is 1. The van der Waals surface area contributed by atoms with E-state index in [0.717, 1.165) is 5.75 Å². The second-order valence-electron chi connectivity index (χ2n) is 7.14. The highest BCUT2D eigenvalue weighted by molar-refractivity contribution is 5.67. The van der Waals surface area contributed by atoms with E-state index in [-0.39, 0.29) is 6.61 Å². The quantitative estimate of drug-likeness (QED) is 0.879. The lowest BCUT2D eigenvalue weighted by atomic mass is 10.0. The fourth-order valence-electron chi connectivity index (χ4n) is 3.08. The summed E-state index contributed by atoms with van der Waals surface area (Å²) in [7, 11) is 0. The lowest BCUT2D eigenvalue weighted by Gasteiger charge is -2.28. The zero-order valence-corrected chi connectivity index (χ0v) is 14.7. The van der Waals surface area contributed by atoms with Crippen LogP contribution >= 0.6 is 0 Å². The summed E-state index contributed by atoms with van der Waals surface area (Å²) < 4.78 is 5.78. The Balaban J connectivity index is 1.70. The minimum absolute atomic E-state index is 0.00723. The number of hydrogen-bond donors (Lipinski definition) is 1. The minimum atomic E-state index is -0.558. The van der Waals surface area contributed by atoms with Crippen molar-refractivity contribution in [2.45, 2.75) is 38.7 Å². The van der Waals surface area contributed by atoms with Crippen LogP contribution in [0.2, 0.25) is 0 Å². The zero-order valence-electron chi connectivity index (χ0n) is 14.7. The molecule has 1 fully saturated rings. The van der Waals surface area contributed by atoms with Gasteiger partial charge in [0.25, 0.3) is 0 Å². The molecule has 1 heterocycles. The molecule has 0 aromatic heterocycles. The van der Waals surface area contributed by atoms with Crippen molar-refractivity contribution < 1.29 is 9.84 Å². The van der Waals surface area contributed by atoms with Gasteiger partial charge in [0, 0.05) is 18.8 Å². The van der Waals surface area contributed by atoms with Gasteiger partial charge < -0.3 is 14.7 Å². The predicted molar refractivity (Wildman–Crippen MR) is 99.7 cm³/mol. The monoisotopic (exact) mass is 325 g/mol. The lowest BCUT2D eigenvalue weighted by molar-refractivity contribution is 0.0413. The van der Waals surface area contributed by atoms with E-state index in [1.54, 1.807) is 0 Å². The van der Waals surface area contributed by atoms with Gasteiger partial charge in [-0.3, -0.25) is 0 Å². The Bertz CT molecular complexity index is 641. The van der Waals surface area contributed by atoms with E-state index >= 15 is 0 Å². The van der Waals surface area contributed by atoms with Crippen molar-refractivity contribution >= 4 is 5.69 Å². The summed E-state index contributed by atoms with van der Waals surface area (Å²) in [5.74, 6) is 0.780. The number of rotatable bonds is 5. The Hall–Kier alpha value is -2.00. The molecule has 3 heteroatoms. The average molecular weight is 325 g/mol. The first-order chi connectivity index (χ1) is 11.6. The Morgan fingerprint density at radius 1 is 0.875 bits per heavy atom. The van der Waals surface area contributed by atoms with Crippen LogP contribution in [0, 0.1) is 0 Å². The first-order valence-corrected chi connectivity index (χ1v) is 8.83. The van der Waals surface area contributed by atoms with Crippen LogP contribution in [0.5, 0.6) is 5.75 Å². The van der Waals surface area contributed by atoms with Gasteiger partial charge in [0.1, 0.15) is 11.4 Å². The zero-order chi connectivity index (χ0) is 17.0. The van der Waals surface area contributed by atoms with Crippen molar-refractivity contribution in [3.63, 3.8) is 0 Å². The Labute approximate surface area is 144 Å². The third-order valence-electron chi connectivity index (χ3n) is 4.55. The second-order valence-corrected chi connectivity index (χ2v) is 7.14. The van der Waals surface area contributed by atoms with E-state index in [9.17, 15) is 5.11 Å². The van der Waals surface area contributed by atoms with Gasteiger partial charge in [0.2, 0.25) is 0 Å². The maximum atomic E-state index is 9.29. The number of nitrogens with zero attached hydrogens (tertiary/aromatic N) is 1. The average Bonchev–Trinajstić information content (AvgIpc) is 2.63. The molecule has 1 aliphatic heterocycles. The topological polar surface area (TPSA) is 32.7 Å². The number of aliphatic hydroxyl groups excluding tert-OH is 1. The molecule has 0 unspecified atom stereocenters. The van der Waals surface area contributed by atoms with Crippen molar-refractivity contribution in [3.05, 3.63) is 48.5 Å². The van der Waals surface area contributed by atoms with E-state index in [1.165, 1.54) is 49.2 Å². The van der Waals surface area contributed by atoms with Crippen LogP contribution in [0.3, 0.4) is 0 Å². The number of aliphatic hydroxyl groups is 1. The maximum Gasteiger partial charge on any atom is 0.126 e. The van der Waals surface area contributed by atoms with Crippen molar-refractivity contribution in [1.82, 2.24) is 0 Å². The molecule has 128 valence electrons. The predicted octanol–water partition coefficient (Wildman–Crippen LogP) is 4.49. The SMILES string of the molecule is CC(C)(CO)Oc1ccc(-c2ccc(N3CCCCC3)cc2)cc1. The van der Waals surface area contributed by atoms with Gasteiger partial charge >= 0.3 is 0 Å². The van der Waals surface area contributed by atoms with Crippen LogP contribution in [0.1, 0.15) is 33.1 Å². The summed E-state index contributed by atoms with van der Waals surface area (Å²) in [6.45, 7) is 6.09. The molecule has 2 aromatic rings. The molecule has 0 saturated carbocycles. The molecule has 0 radical (unpaired) electrons. The van der Waals surface area contributed by atoms with Crippen LogP contribution in [0.25, 0.3) is 11.1 Å². The van der Waals surface area contributed by atoms with Gasteiger partial charge in [-0.2, -0.15) is 0 Å². The van der Waals surface area contributed by atoms with Crippen LogP contribution in [0.15, 0.2) is 48.5 Å². The Kier molecular flexibility index (Phi) is 5.10. The van der Waals surface area contributed by atoms with E-state index < -0.39 is 5.60 Å². The normalized spacial score (nSPS) is 15.4. The minimum Gasteiger partial charge on any atom is -0.485 e.